The van der Waals surface area contributed by atoms with Gasteiger partial charge in [-0.15, -0.1) is 0 Å². The van der Waals surface area contributed by atoms with Crippen molar-refractivity contribution in [3.8, 4) is 0 Å². The van der Waals surface area contributed by atoms with Gasteiger partial charge in [0.05, 0.1) is 5.56 Å². The Morgan fingerprint density at radius 3 is 2.30 bits per heavy atom. The third-order valence-corrected chi connectivity index (χ3v) is 2.17. The highest BCUT2D eigenvalue weighted by Crippen LogP contribution is 2.19. The maximum absolute atomic E-state index is 13.3. The number of benzene rings is 1. The molecule has 0 aliphatic rings. The first kappa shape index (κ1) is 15.9. The van der Waals surface area contributed by atoms with Crippen LogP contribution < -0.4 is 0 Å². The van der Waals surface area contributed by atoms with Gasteiger partial charge in [-0.3, -0.25) is 9.59 Å². The number of carboxylic acid groups (broad SMARTS) is 1. The van der Waals surface area contributed by atoms with Gasteiger partial charge in [-0.2, -0.15) is 13.2 Å². The van der Waals surface area contributed by atoms with Crippen LogP contribution in [0.1, 0.15) is 10.4 Å². The number of amides is 1. The number of carboxylic acids is 1. The lowest BCUT2D eigenvalue weighted by Crippen LogP contribution is -2.42. The summed E-state index contributed by atoms with van der Waals surface area (Å²) >= 11 is 0. The van der Waals surface area contributed by atoms with Gasteiger partial charge in [-0.05, 0) is 12.1 Å². The normalized spacial score (nSPS) is 11.2. The highest BCUT2D eigenvalue weighted by atomic mass is 19.4. The van der Waals surface area contributed by atoms with Gasteiger partial charge >= 0.3 is 12.1 Å². The number of alkyl halides is 3. The highest BCUT2D eigenvalue weighted by molar-refractivity contribution is 5.96. The summed E-state index contributed by atoms with van der Waals surface area (Å²) in [4.78, 5) is 22.0. The third kappa shape index (κ3) is 4.18. The molecule has 1 N–H and O–H groups in total. The fraction of sp³-hybridized carbons (Fsp3) is 0.273. The maximum Gasteiger partial charge on any atom is 0.406 e. The second-order valence-corrected chi connectivity index (χ2v) is 3.77. The van der Waals surface area contributed by atoms with E-state index in [0.29, 0.717) is 6.07 Å². The smallest absolute Gasteiger partial charge is 0.406 e. The van der Waals surface area contributed by atoms with Gasteiger partial charge in [0, 0.05) is 0 Å². The molecule has 1 rings (SSSR count). The van der Waals surface area contributed by atoms with Gasteiger partial charge in [-0.25, -0.2) is 8.78 Å². The van der Waals surface area contributed by atoms with Gasteiger partial charge in [-0.1, -0.05) is 6.07 Å². The van der Waals surface area contributed by atoms with Crippen molar-refractivity contribution in [1.29, 1.82) is 0 Å². The van der Waals surface area contributed by atoms with Crippen LogP contribution in [0.15, 0.2) is 18.2 Å². The van der Waals surface area contributed by atoms with E-state index in [-0.39, 0.29) is 4.90 Å². The summed E-state index contributed by atoms with van der Waals surface area (Å²) in [5, 5.41) is 8.47. The average Bonchev–Trinajstić information content (AvgIpc) is 2.28. The van der Waals surface area contributed by atoms with Gasteiger partial charge in [0.15, 0.2) is 11.6 Å². The Labute approximate surface area is 109 Å². The number of rotatable bonds is 4. The van der Waals surface area contributed by atoms with Crippen molar-refractivity contribution < 1.29 is 36.6 Å². The summed E-state index contributed by atoms with van der Waals surface area (Å²) < 4.78 is 63.0. The molecule has 1 amide bonds. The molecule has 0 fully saturated rings. The first-order valence-electron chi connectivity index (χ1n) is 5.13. The topological polar surface area (TPSA) is 57.6 Å². The molecule has 4 nitrogen and oxygen atoms in total. The Bertz CT molecular complexity index is 529. The predicted molar refractivity (Wildman–Crippen MR) is 56.0 cm³/mol. The molecule has 0 aliphatic heterocycles. The first-order chi connectivity index (χ1) is 9.11. The van der Waals surface area contributed by atoms with E-state index < -0.39 is 48.3 Å². The summed E-state index contributed by atoms with van der Waals surface area (Å²) in [6, 6.07) is 2.38. The van der Waals surface area contributed by atoms with Crippen LogP contribution in [0.4, 0.5) is 22.0 Å². The molecule has 0 unspecified atom stereocenters. The van der Waals surface area contributed by atoms with E-state index in [0.717, 1.165) is 12.1 Å². The van der Waals surface area contributed by atoms with Crippen molar-refractivity contribution in [2.24, 2.45) is 0 Å². The minimum absolute atomic E-state index is 0.125. The second kappa shape index (κ2) is 5.85. The zero-order valence-corrected chi connectivity index (χ0v) is 9.75. The van der Waals surface area contributed by atoms with Crippen molar-refractivity contribution in [2.45, 2.75) is 6.18 Å². The van der Waals surface area contributed by atoms with Crippen LogP contribution in [0.5, 0.6) is 0 Å². The number of halogens is 5. The van der Waals surface area contributed by atoms with E-state index in [1.54, 1.807) is 0 Å². The lowest BCUT2D eigenvalue weighted by molar-refractivity contribution is -0.149. The maximum atomic E-state index is 13.3. The molecule has 0 aromatic heterocycles. The van der Waals surface area contributed by atoms with Crippen molar-refractivity contribution in [2.75, 3.05) is 13.1 Å². The molecule has 0 radical (unpaired) electrons. The van der Waals surface area contributed by atoms with E-state index in [2.05, 4.69) is 0 Å². The lowest BCUT2D eigenvalue weighted by atomic mass is 10.1. The zero-order valence-electron chi connectivity index (χ0n) is 9.75. The van der Waals surface area contributed by atoms with Crippen LogP contribution >= 0.6 is 0 Å². The van der Waals surface area contributed by atoms with Gasteiger partial charge in [0.25, 0.3) is 5.91 Å². The van der Waals surface area contributed by atoms with Crippen molar-refractivity contribution >= 4 is 11.9 Å². The summed E-state index contributed by atoms with van der Waals surface area (Å²) in [6.45, 7) is -3.16. The minimum atomic E-state index is -4.87. The summed E-state index contributed by atoms with van der Waals surface area (Å²) in [5.74, 6) is -6.31. The molecule has 0 saturated heterocycles. The van der Waals surface area contributed by atoms with Gasteiger partial charge < -0.3 is 10.0 Å². The molecule has 20 heavy (non-hydrogen) atoms. The monoisotopic (exact) mass is 297 g/mol. The molecule has 0 heterocycles. The SMILES string of the molecule is O=C(O)CN(CC(F)(F)F)C(=O)c1cccc(F)c1F. The Morgan fingerprint density at radius 1 is 1.20 bits per heavy atom. The Balaban J connectivity index is 3.10. The Kier molecular flexibility index (Phi) is 4.64. The van der Waals surface area contributed by atoms with Crippen molar-refractivity contribution in [3.05, 3.63) is 35.4 Å². The molecule has 110 valence electrons. The molecule has 0 aliphatic carbocycles. The average molecular weight is 297 g/mol. The zero-order chi connectivity index (χ0) is 15.5. The number of carbonyl (C=O) groups excluding carboxylic acids is 1. The van der Waals surface area contributed by atoms with Gasteiger partial charge in [0.1, 0.15) is 13.1 Å². The third-order valence-electron chi connectivity index (χ3n) is 2.17. The molecule has 0 saturated carbocycles. The molecular weight excluding hydrogens is 289 g/mol. The van der Waals surface area contributed by atoms with Crippen LogP contribution in [0.2, 0.25) is 0 Å². The number of aliphatic carboxylic acids is 1. The highest BCUT2D eigenvalue weighted by Gasteiger charge is 2.35. The number of hydrogen-bond acceptors (Lipinski definition) is 2. The van der Waals surface area contributed by atoms with Crippen LogP contribution in [-0.2, 0) is 4.79 Å². The Morgan fingerprint density at radius 2 is 1.80 bits per heavy atom. The molecular formula is C11H8F5NO3. The van der Waals surface area contributed by atoms with Crippen LogP contribution in [0.25, 0.3) is 0 Å². The predicted octanol–water partition coefficient (Wildman–Crippen LogP) is 2.05. The fourth-order valence-electron chi connectivity index (χ4n) is 1.42. The van der Waals surface area contributed by atoms with E-state index >= 15 is 0 Å². The quantitative estimate of drug-likeness (QED) is 0.865. The van der Waals surface area contributed by atoms with Crippen molar-refractivity contribution in [3.63, 3.8) is 0 Å². The van der Waals surface area contributed by atoms with Gasteiger partial charge in [0.2, 0.25) is 0 Å². The molecule has 9 heteroatoms. The summed E-state index contributed by atoms with van der Waals surface area (Å²) in [6.07, 6.45) is -4.87. The fourth-order valence-corrected chi connectivity index (χ4v) is 1.42. The van der Waals surface area contributed by atoms with E-state index in [1.165, 1.54) is 0 Å². The van der Waals surface area contributed by atoms with E-state index in [4.69, 9.17) is 5.11 Å². The molecule has 1 aromatic rings. The standard InChI is InChI=1S/C11H8F5NO3/c12-7-3-1-2-6(9(7)13)10(20)17(4-8(18)19)5-11(14,15)16/h1-3H,4-5H2,(H,18,19). The van der Waals surface area contributed by atoms with Crippen molar-refractivity contribution in [1.82, 2.24) is 4.90 Å². The molecule has 1 aromatic carbocycles. The number of carbonyl (C=O) groups is 2. The molecule has 0 spiro atoms. The first-order valence-corrected chi connectivity index (χ1v) is 5.13. The van der Waals surface area contributed by atoms with E-state index in [1.807, 2.05) is 0 Å². The Hall–Kier alpha value is -2.19. The largest absolute Gasteiger partial charge is 0.480 e. The minimum Gasteiger partial charge on any atom is -0.480 e. The summed E-state index contributed by atoms with van der Waals surface area (Å²) in [5.41, 5.74) is -0.962. The summed E-state index contributed by atoms with van der Waals surface area (Å²) in [7, 11) is 0. The van der Waals surface area contributed by atoms with Crippen LogP contribution in [0.3, 0.4) is 0 Å². The van der Waals surface area contributed by atoms with Crippen LogP contribution in [-0.4, -0.2) is 41.1 Å². The number of nitrogens with zero attached hydrogens (tertiary/aromatic N) is 1. The van der Waals surface area contributed by atoms with Crippen LogP contribution in [0, 0.1) is 11.6 Å². The second-order valence-electron chi connectivity index (χ2n) is 3.77. The number of hydrogen-bond donors (Lipinski definition) is 1. The molecule has 0 atom stereocenters. The lowest BCUT2D eigenvalue weighted by Gasteiger charge is -2.22. The van der Waals surface area contributed by atoms with E-state index in [9.17, 15) is 31.5 Å². The molecule has 0 bridgehead atoms.